The average Bonchev–Trinajstić information content (AvgIpc) is 2.12. The Bertz CT molecular complexity index is 178. The van der Waals surface area contributed by atoms with Gasteiger partial charge < -0.3 is 4.52 Å². The van der Waals surface area contributed by atoms with E-state index in [-0.39, 0.29) is 0 Å². The lowest BCUT2D eigenvalue weighted by Gasteiger charge is -1.81. The number of nitrogens with zero attached hydrogens (tertiary/aromatic N) is 2. The molecular formula is C5H6N2O. The second-order valence-electron chi connectivity index (χ2n) is 1.57. The summed E-state index contributed by atoms with van der Waals surface area (Å²) in [5.74, 6) is 0. The highest BCUT2D eigenvalue weighted by molar-refractivity contribution is 5.55. The van der Waals surface area contributed by atoms with Crippen LogP contribution in [0.5, 0.6) is 0 Å². The topological polar surface area (TPSA) is 38.9 Å². The van der Waals surface area contributed by atoms with E-state index in [2.05, 4.69) is 21.5 Å². The van der Waals surface area contributed by atoms with E-state index >= 15 is 0 Å². The van der Waals surface area contributed by atoms with Crippen LogP contribution in [-0.2, 0) is 0 Å². The van der Waals surface area contributed by atoms with E-state index in [0.29, 0.717) is 5.69 Å². The van der Waals surface area contributed by atoms with Crippen LogP contribution in [0.4, 0.5) is 0 Å². The van der Waals surface area contributed by atoms with Crippen molar-refractivity contribution in [1.29, 1.82) is 0 Å². The van der Waals surface area contributed by atoms with Gasteiger partial charge in [0.1, 0.15) is 5.69 Å². The van der Waals surface area contributed by atoms with Crippen molar-refractivity contribution in [3.63, 3.8) is 0 Å². The first-order chi connectivity index (χ1) is 3.80. The molecule has 0 amide bonds. The van der Waals surface area contributed by atoms with Crippen molar-refractivity contribution in [2.75, 3.05) is 0 Å². The third kappa shape index (κ3) is 0.753. The van der Waals surface area contributed by atoms with Gasteiger partial charge in [-0.1, -0.05) is 6.58 Å². The molecule has 0 saturated carbocycles. The molecule has 3 heteroatoms. The lowest BCUT2D eigenvalue weighted by atomic mass is 10.3. The smallest absolute Gasteiger partial charge is 0.151 e. The van der Waals surface area contributed by atoms with Crippen molar-refractivity contribution < 1.29 is 4.52 Å². The second-order valence-corrected chi connectivity index (χ2v) is 1.57. The molecule has 0 radical (unpaired) electrons. The molecule has 0 spiro atoms. The first kappa shape index (κ1) is 5.03. The summed E-state index contributed by atoms with van der Waals surface area (Å²) in [5, 5.41) is 6.86. The third-order valence-corrected chi connectivity index (χ3v) is 0.797. The summed E-state index contributed by atoms with van der Waals surface area (Å²) in [4.78, 5) is 0. The van der Waals surface area contributed by atoms with Gasteiger partial charge >= 0.3 is 0 Å². The summed E-state index contributed by atoms with van der Waals surface area (Å²) < 4.78 is 4.45. The lowest BCUT2D eigenvalue weighted by Crippen LogP contribution is -1.74. The molecule has 0 aliphatic heterocycles. The summed E-state index contributed by atoms with van der Waals surface area (Å²) in [6, 6.07) is 0. The zero-order valence-corrected chi connectivity index (χ0v) is 4.59. The van der Waals surface area contributed by atoms with Crippen molar-refractivity contribution in [2.45, 2.75) is 6.92 Å². The molecule has 42 valence electrons. The monoisotopic (exact) mass is 110 g/mol. The van der Waals surface area contributed by atoms with E-state index < -0.39 is 0 Å². The van der Waals surface area contributed by atoms with Crippen LogP contribution in [0.3, 0.4) is 0 Å². The fraction of sp³-hybridized carbons (Fsp3) is 0.200. The van der Waals surface area contributed by atoms with E-state index in [4.69, 9.17) is 0 Å². The molecule has 0 bridgehead atoms. The van der Waals surface area contributed by atoms with Gasteiger partial charge in [0.05, 0.1) is 0 Å². The van der Waals surface area contributed by atoms with Crippen molar-refractivity contribution in [3.8, 4) is 0 Å². The van der Waals surface area contributed by atoms with Gasteiger partial charge in [0.15, 0.2) is 6.26 Å². The predicted molar refractivity (Wildman–Crippen MR) is 29.0 cm³/mol. The Morgan fingerprint density at radius 2 is 2.62 bits per heavy atom. The molecule has 0 aromatic carbocycles. The number of allylic oxidation sites excluding steroid dienone is 1. The number of hydrogen-bond donors (Lipinski definition) is 0. The first-order valence-corrected chi connectivity index (χ1v) is 2.23. The van der Waals surface area contributed by atoms with Gasteiger partial charge in [0.2, 0.25) is 0 Å². The molecule has 1 aromatic rings. The zero-order valence-electron chi connectivity index (χ0n) is 4.59. The van der Waals surface area contributed by atoms with Crippen LogP contribution in [0, 0.1) is 0 Å². The maximum Gasteiger partial charge on any atom is 0.151 e. The zero-order chi connectivity index (χ0) is 5.98. The highest BCUT2D eigenvalue weighted by atomic mass is 16.5. The van der Waals surface area contributed by atoms with Crippen molar-refractivity contribution in [1.82, 2.24) is 10.4 Å². The van der Waals surface area contributed by atoms with E-state index in [0.717, 1.165) is 5.57 Å². The largest absolute Gasteiger partial charge is 0.345 e. The Balaban J connectivity index is 2.93. The predicted octanol–water partition coefficient (Wildman–Crippen LogP) is 1.10. The van der Waals surface area contributed by atoms with Crippen LogP contribution in [0.2, 0.25) is 0 Å². The van der Waals surface area contributed by atoms with E-state index in [1.54, 1.807) is 0 Å². The molecule has 0 atom stereocenters. The van der Waals surface area contributed by atoms with Crippen molar-refractivity contribution in [3.05, 3.63) is 18.5 Å². The Kier molecular flexibility index (Phi) is 1.12. The fourth-order valence-electron chi connectivity index (χ4n) is 0.351. The fourth-order valence-corrected chi connectivity index (χ4v) is 0.351. The van der Waals surface area contributed by atoms with E-state index in [9.17, 15) is 0 Å². The number of rotatable bonds is 1. The Labute approximate surface area is 47.0 Å². The minimum Gasteiger partial charge on any atom is -0.345 e. The third-order valence-electron chi connectivity index (χ3n) is 0.797. The highest BCUT2D eigenvalue weighted by Crippen LogP contribution is 2.03. The summed E-state index contributed by atoms with van der Waals surface area (Å²) in [6.07, 6.45) is 1.46. The number of hydrogen-bond acceptors (Lipinski definition) is 3. The van der Waals surface area contributed by atoms with Gasteiger partial charge in [-0.05, 0) is 12.5 Å². The van der Waals surface area contributed by atoms with Crippen molar-refractivity contribution in [2.24, 2.45) is 0 Å². The standard InChI is InChI=1S/C5H6N2O/c1-4(2)5-3-8-7-6-5/h3H,1H2,2H3. The SMILES string of the molecule is C=C(C)c1conn1. The van der Waals surface area contributed by atoms with Crippen LogP contribution >= 0.6 is 0 Å². The van der Waals surface area contributed by atoms with Crippen LogP contribution in [-0.4, -0.2) is 10.4 Å². The lowest BCUT2D eigenvalue weighted by molar-refractivity contribution is 0.393. The van der Waals surface area contributed by atoms with E-state index in [1.807, 2.05) is 6.92 Å². The minimum absolute atomic E-state index is 0.713. The molecule has 0 aliphatic rings. The minimum atomic E-state index is 0.713. The molecule has 1 aromatic heterocycles. The molecule has 0 N–H and O–H groups in total. The molecule has 0 unspecified atom stereocenters. The molecule has 0 fully saturated rings. The molecular weight excluding hydrogens is 104 g/mol. The second kappa shape index (κ2) is 1.78. The van der Waals surface area contributed by atoms with E-state index in [1.165, 1.54) is 6.26 Å². The van der Waals surface area contributed by atoms with Gasteiger partial charge in [-0.2, -0.15) is 0 Å². The van der Waals surface area contributed by atoms with Crippen molar-refractivity contribution >= 4 is 5.57 Å². The molecule has 3 nitrogen and oxygen atoms in total. The summed E-state index contributed by atoms with van der Waals surface area (Å²) in [6.45, 7) is 5.48. The molecule has 1 rings (SSSR count). The Morgan fingerprint density at radius 3 is 2.88 bits per heavy atom. The number of aromatic nitrogens is 2. The summed E-state index contributed by atoms with van der Waals surface area (Å²) in [5.41, 5.74) is 1.58. The van der Waals surface area contributed by atoms with Gasteiger partial charge in [0, 0.05) is 5.27 Å². The van der Waals surface area contributed by atoms with Gasteiger partial charge in [-0.15, -0.1) is 5.10 Å². The summed E-state index contributed by atoms with van der Waals surface area (Å²) >= 11 is 0. The van der Waals surface area contributed by atoms with Gasteiger partial charge in [0.25, 0.3) is 0 Å². The molecule has 1 heterocycles. The highest BCUT2D eigenvalue weighted by Gasteiger charge is 1.93. The normalized spacial score (nSPS) is 9.12. The maximum absolute atomic E-state index is 4.45. The molecule has 0 saturated heterocycles. The molecule has 8 heavy (non-hydrogen) atoms. The quantitative estimate of drug-likeness (QED) is 0.543. The van der Waals surface area contributed by atoms with Gasteiger partial charge in [-0.3, -0.25) is 0 Å². The Hall–Kier alpha value is -1.12. The Morgan fingerprint density at radius 1 is 1.88 bits per heavy atom. The van der Waals surface area contributed by atoms with Crippen LogP contribution < -0.4 is 0 Å². The average molecular weight is 110 g/mol. The maximum atomic E-state index is 4.45. The van der Waals surface area contributed by atoms with Crippen LogP contribution in [0.15, 0.2) is 17.4 Å². The summed E-state index contributed by atoms with van der Waals surface area (Å²) in [7, 11) is 0. The van der Waals surface area contributed by atoms with Crippen LogP contribution in [0.25, 0.3) is 5.57 Å². The van der Waals surface area contributed by atoms with Gasteiger partial charge in [-0.25, -0.2) is 0 Å². The molecule has 0 aliphatic carbocycles. The first-order valence-electron chi connectivity index (χ1n) is 2.23. The van der Waals surface area contributed by atoms with Crippen LogP contribution in [0.1, 0.15) is 12.6 Å².